The Morgan fingerprint density at radius 3 is 2.76 bits per heavy atom. The number of carbonyl (C=O) groups excluding carboxylic acids is 1. The predicted octanol–water partition coefficient (Wildman–Crippen LogP) is 5.14. The van der Waals surface area contributed by atoms with Crippen LogP contribution in [0.5, 0.6) is 0 Å². The van der Waals surface area contributed by atoms with Crippen molar-refractivity contribution in [2.75, 3.05) is 13.1 Å². The van der Waals surface area contributed by atoms with Crippen molar-refractivity contribution in [1.29, 1.82) is 0 Å². The monoisotopic (exact) mass is 446 g/mol. The number of likely N-dealkylation sites (tertiary alicyclic amines) is 1. The van der Waals surface area contributed by atoms with Gasteiger partial charge in [0.15, 0.2) is 0 Å². The van der Waals surface area contributed by atoms with Gasteiger partial charge in [-0.05, 0) is 63.3 Å². The van der Waals surface area contributed by atoms with Gasteiger partial charge in [-0.2, -0.15) is 4.98 Å². The zero-order valence-corrected chi connectivity index (χ0v) is 20.1. The third-order valence-electron chi connectivity index (χ3n) is 6.61. The molecule has 0 bridgehead atoms. The van der Waals surface area contributed by atoms with E-state index in [0.717, 1.165) is 36.9 Å². The lowest BCUT2D eigenvalue weighted by Crippen LogP contribution is -2.43. The van der Waals surface area contributed by atoms with E-state index < -0.39 is 0 Å². The highest BCUT2D eigenvalue weighted by molar-refractivity contribution is 5.79. The van der Waals surface area contributed by atoms with Gasteiger partial charge in [-0.25, -0.2) is 0 Å². The number of hydrogen-bond acceptors (Lipinski definition) is 5. The van der Waals surface area contributed by atoms with Gasteiger partial charge in [0.1, 0.15) is 0 Å². The third kappa shape index (κ3) is 5.50. The lowest BCUT2D eigenvalue weighted by atomic mass is 9.94. The Hall–Kier alpha value is -2.99. The molecule has 33 heavy (non-hydrogen) atoms. The number of aromatic nitrogens is 2. The van der Waals surface area contributed by atoms with Crippen LogP contribution in [0.25, 0.3) is 11.4 Å². The maximum atomic E-state index is 13.2. The van der Waals surface area contributed by atoms with Crippen LogP contribution in [-0.2, 0) is 11.3 Å². The Labute approximate surface area is 196 Å². The molecule has 0 radical (unpaired) electrons. The van der Waals surface area contributed by atoms with E-state index >= 15 is 0 Å². The molecule has 0 spiro atoms. The molecule has 4 rings (SSSR count). The maximum absolute atomic E-state index is 13.2. The first-order chi connectivity index (χ1) is 15.9. The van der Waals surface area contributed by atoms with Crippen LogP contribution in [0.15, 0.2) is 47.0 Å². The summed E-state index contributed by atoms with van der Waals surface area (Å²) in [6.07, 6.45) is 2.76. The van der Waals surface area contributed by atoms with E-state index in [-0.39, 0.29) is 17.9 Å². The highest BCUT2D eigenvalue weighted by atomic mass is 16.5. The number of benzene rings is 2. The van der Waals surface area contributed by atoms with Crippen molar-refractivity contribution < 1.29 is 9.32 Å². The molecule has 1 aromatic heterocycles. The molecule has 2 aromatic carbocycles. The number of amides is 1. The van der Waals surface area contributed by atoms with Crippen molar-refractivity contribution in [3.63, 3.8) is 0 Å². The molecular formula is C27H34N4O2. The Morgan fingerprint density at radius 2 is 2.00 bits per heavy atom. The third-order valence-corrected chi connectivity index (χ3v) is 6.61. The minimum Gasteiger partial charge on any atom is -0.349 e. The second-order valence-corrected chi connectivity index (χ2v) is 9.23. The fourth-order valence-corrected chi connectivity index (χ4v) is 4.76. The Kier molecular flexibility index (Phi) is 7.23. The molecule has 1 aliphatic rings. The van der Waals surface area contributed by atoms with E-state index in [1.54, 1.807) is 0 Å². The maximum Gasteiger partial charge on any atom is 0.241 e. The average Bonchev–Trinajstić information content (AvgIpc) is 3.26. The predicted molar refractivity (Wildman–Crippen MR) is 130 cm³/mol. The number of rotatable bonds is 7. The smallest absolute Gasteiger partial charge is 0.241 e. The molecule has 6 heteroatoms. The van der Waals surface area contributed by atoms with Gasteiger partial charge >= 0.3 is 0 Å². The lowest BCUT2D eigenvalue weighted by molar-refractivity contribution is -0.127. The highest BCUT2D eigenvalue weighted by Crippen LogP contribution is 2.25. The van der Waals surface area contributed by atoms with E-state index in [2.05, 4.69) is 59.3 Å². The van der Waals surface area contributed by atoms with Gasteiger partial charge in [-0.3, -0.25) is 9.69 Å². The minimum absolute atomic E-state index is 0.0303. The van der Waals surface area contributed by atoms with E-state index in [1.807, 2.05) is 31.2 Å². The van der Waals surface area contributed by atoms with Gasteiger partial charge < -0.3 is 9.84 Å². The van der Waals surface area contributed by atoms with Crippen LogP contribution in [0.2, 0.25) is 0 Å². The SMILES string of the molecule is CCC(NC(=O)C1CCCN(Cc2nc(-c3ccccc3C)no2)C1)c1ccc(C)cc1C. The number of carbonyl (C=O) groups is 1. The molecule has 1 N–H and O–H groups in total. The summed E-state index contributed by atoms with van der Waals surface area (Å²) in [4.78, 5) is 20.0. The largest absolute Gasteiger partial charge is 0.349 e. The van der Waals surface area contributed by atoms with Gasteiger partial charge in [-0.1, -0.05) is 60.1 Å². The van der Waals surface area contributed by atoms with Crippen molar-refractivity contribution in [3.05, 3.63) is 70.6 Å². The van der Waals surface area contributed by atoms with Crippen LogP contribution in [0.4, 0.5) is 0 Å². The molecule has 3 aromatic rings. The van der Waals surface area contributed by atoms with Crippen LogP contribution in [-0.4, -0.2) is 34.0 Å². The van der Waals surface area contributed by atoms with Crippen LogP contribution < -0.4 is 5.32 Å². The summed E-state index contributed by atoms with van der Waals surface area (Å²) in [7, 11) is 0. The van der Waals surface area contributed by atoms with E-state index in [0.29, 0.717) is 24.8 Å². The van der Waals surface area contributed by atoms with Crippen LogP contribution in [0, 0.1) is 26.7 Å². The second-order valence-electron chi connectivity index (χ2n) is 9.23. The normalized spacial score (nSPS) is 17.6. The fraction of sp³-hybridized carbons (Fsp3) is 0.444. The summed E-state index contributed by atoms with van der Waals surface area (Å²) >= 11 is 0. The van der Waals surface area contributed by atoms with Crippen LogP contribution in [0.3, 0.4) is 0 Å². The molecule has 2 heterocycles. The number of nitrogens with zero attached hydrogens (tertiary/aromatic N) is 3. The molecule has 174 valence electrons. The molecule has 1 amide bonds. The summed E-state index contributed by atoms with van der Waals surface area (Å²) in [5.41, 5.74) is 5.79. The van der Waals surface area contributed by atoms with Crippen molar-refractivity contribution in [1.82, 2.24) is 20.4 Å². The zero-order valence-electron chi connectivity index (χ0n) is 20.1. The average molecular weight is 447 g/mol. The summed E-state index contributed by atoms with van der Waals surface area (Å²) in [6.45, 7) is 10.6. The molecule has 2 atom stereocenters. The standard InChI is InChI=1S/C27H34N4O2/c1-5-24(22-13-12-18(2)15-20(22)4)28-27(32)21-10-8-14-31(16-21)17-25-29-26(30-33-25)23-11-7-6-9-19(23)3/h6-7,9,11-13,15,21,24H,5,8,10,14,16-17H2,1-4H3,(H,28,32). The fourth-order valence-electron chi connectivity index (χ4n) is 4.76. The molecule has 0 saturated carbocycles. The molecular weight excluding hydrogens is 412 g/mol. The Balaban J connectivity index is 1.38. The molecule has 0 aliphatic carbocycles. The molecule has 6 nitrogen and oxygen atoms in total. The first kappa shape index (κ1) is 23.2. The minimum atomic E-state index is -0.0303. The summed E-state index contributed by atoms with van der Waals surface area (Å²) in [6, 6.07) is 14.5. The van der Waals surface area contributed by atoms with E-state index in [4.69, 9.17) is 4.52 Å². The first-order valence-electron chi connectivity index (χ1n) is 11.9. The molecule has 1 saturated heterocycles. The van der Waals surface area contributed by atoms with E-state index in [9.17, 15) is 4.79 Å². The van der Waals surface area contributed by atoms with Gasteiger partial charge in [0.25, 0.3) is 0 Å². The van der Waals surface area contributed by atoms with Gasteiger partial charge in [-0.15, -0.1) is 0 Å². The van der Waals surface area contributed by atoms with Gasteiger partial charge in [0, 0.05) is 12.1 Å². The summed E-state index contributed by atoms with van der Waals surface area (Å²) in [5.74, 6) is 1.32. The number of nitrogens with one attached hydrogen (secondary N) is 1. The summed E-state index contributed by atoms with van der Waals surface area (Å²) in [5, 5.41) is 7.49. The zero-order chi connectivity index (χ0) is 23.4. The molecule has 1 fully saturated rings. The van der Waals surface area contributed by atoms with E-state index in [1.165, 1.54) is 16.7 Å². The Morgan fingerprint density at radius 1 is 1.18 bits per heavy atom. The number of hydrogen-bond donors (Lipinski definition) is 1. The summed E-state index contributed by atoms with van der Waals surface area (Å²) < 4.78 is 5.53. The number of piperidine rings is 1. The van der Waals surface area contributed by atoms with Gasteiger partial charge in [0.2, 0.25) is 17.6 Å². The first-order valence-corrected chi connectivity index (χ1v) is 11.9. The van der Waals surface area contributed by atoms with Crippen LogP contribution >= 0.6 is 0 Å². The Bertz CT molecular complexity index is 1110. The lowest BCUT2D eigenvalue weighted by Gasteiger charge is -2.32. The van der Waals surface area contributed by atoms with Crippen molar-refractivity contribution in [3.8, 4) is 11.4 Å². The van der Waals surface area contributed by atoms with Crippen molar-refractivity contribution >= 4 is 5.91 Å². The topological polar surface area (TPSA) is 71.3 Å². The second kappa shape index (κ2) is 10.3. The van der Waals surface area contributed by atoms with Gasteiger partial charge in [0.05, 0.1) is 18.5 Å². The van der Waals surface area contributed by atoms with Crippen molar-refractivity contribution in [2.24, 2.45) is 5.92 Å². The quantitative estimate of drug-likeness (QED) is 0.544. The van der Waals surface area contributed by atoms with Crippen LogP contribution in [0.1, 0.15) is 60.4 Å². The molecule has 1 aliphatic heterocycles. The number of aryl methyl sites for hydroxylation is 3. The molecule has 2 unspecified atom stereocenters. The van der Waals surface area contributed by atoms with Crippen molar-refractivity contribution in [2.45, 2.75) is 59.5 Å². The highest BCUT2D eigenvalue weighted by Gasteiger charge is 2.28.